The summed E-state index contributed by atoms with van der Waals surface area (Å²) in [4.78, 5) is 43.6. The Morgan fingerprint density at radius 3 is 2.33 bits per heavy atom. The first-order valence-electron chi connectivity index (χ1n) is 18.3. The van der Waals surface area contributed by atoms with Crippen molar-refractivity contribution in [2.24, 2.45) is 16.5 Å². The van der Waals surface area contributed by atoms with Gasteiger partial charge in [-0.05, 0) is 93.7 Å². The van der Waals surface area contributed by atoms with Crippen molar-refractivity contribution in [3.63, 3.8) is 0 Å². The summed E-state index contributed by atoms with van der Waals surface area (Å²) in [5.74, 6) is -0.962. The van der Waals surface area contributed by atoms with Gasteiger partial charge in [-0.1, -0.05) is 18.0 Å². The zero-order valence-electron chi connectivity index (χ0n) is 30.4. The summed E-state index contributed by atoms with van der Waals surface area (Å²) in [5, 5.41) is 14.5. The minimum atomic E-state index is -0.883. The molecule has 3 saturated heterocycles. The number of anilines is 1. The van der Waals surface area contributed by atoms with E-state index in [1.165, 1.54) is 0 Å². The van der Waals surface area contributed by atoms with Crippen LogP contribution in [0, 0.1) is 11.3 Å². The van der Waals surface area contributed by atoms with Gasteiger partial charge in [-0.2, -0.15) is 4.98 Å². The smallest absolute Gasteiger partial charge is 0.410 e. The van der Waals surface area contributed by atoms with Gasteiger partial charge in [-0.15, -0.1) is 0 Å². The summed E-state index contributed by atoms with van der Waals surface area (Å²) in [6, 6.07) is 1.69. The molecule has 6 atom stereocenters. The molecule has 272 valence electrons. The Morgan fingerprint density at radius 2 is 1.69 bits per heavy atom. The van der Waals surface area contributed by atoms with Crippen LogP contribution in [0.4, 0.5) is 10.6 Å². The molecule has 1 aromatic rings. The summed E-state index contributed by atoms with van der Waals surface area (Å²) in [7, 11) is 2.11. The number of hydrogen-bond donors (Lipinski definition) is 1. The summed E-state index contributed by atoms with van der Waals surface area (Å²) < 4.78 is 24.8. The lowest BCUT2D eigenvalue weighted by molar-refractivity contribution is -0.238. The number of fused-ring (bicyclic) bond motifs is 1. The molecule has 0 radical (unpaired) electrons. The lowest BCUT2D eigenvalue weighted by atomic mass is 9.57. The molecule has 4 heterocycles. The molecular weight excluding hydrogens is 628 g/mol. The van der Waals surface area contributed by atoms with E-state index in [2.05, 4.69) is 22.0 Å². The van der Waals surface area contributed by atoms with Crippen LogP contribution < -0.4 is 9.64 Å². The van der Waals surface area contributed by atoms with Gasteiger partial charge in [0.15, 0.2) is 5.79 Å². The fourth-order valence-electron chi connectivity index (χ4n) is 9.24. The van der Waals surface area contributed by atoms with Crippen LogP contribution in [-0.4, -0.2) is 118 Å². The van der Waals surface area contributed by atoms with Crippen molar-refractivity contribution in [2.45, 2.75) is 135 Å². The lowest BCUT2D eigenvalue weighted by Crippen LogP contribution is -2.60. The van der Waals surface area contributed by atoms with Gasteiger partial charge in [0.05, 0.1) is 42.3 Å². The van der Waals surface area contributed by atoms with E-state index in [1.54, 1.807) is 4.90 Å². The minimum Gasteiger partial charge on any atom is -0.473 e. The average Bonchev–Trinajstić information content (AvgIpc) is 3.70. The average molecular weight is 685 g/mol. The van der Waals surface area contributed by atoms with Crippen molar-refractivity contribution in [3.8, 4) is 5.88 Å². The first-order chi connectivity index (χ1) is 23.3. The van der Waals surface area contributed by atoms with Crippen molar-refractivity contribution in [2.75, 3.05) is 44.8 Å². The first kappa shape index (κ1) is 35.8. The summed E-state index contributed by atoms with van der Waals surface area (Å²) in [6.45, 7) is 14.6. The van der Waals surface area contributed by atoms with E-state index in [1.807, 2.05) is 47.6 Å². The number of amides is 1. The normalized spacial score (nSPS) is 32.2. The van der Waals surface area contributed by atoms with Crippen LogP contribution >= 0.6 is 0 Å². The summed E-state index contributed by atoms with van der Waals surface area (Å²) in [5.41, 5.74) is -0.861. The van der Waals surface area contributed by atoms with Gasteiger partial charge in [0.2, 0.25) is 17.5 Å². The maximum atomic E-state index is 14.6. The van der Waals surface area contributed by atoms with Crippen LogP contribution in [0.3, 0.4) is 0 Å². The molecule has 49 heavy (non-hydrogen) atoms. The minimum absolute atomic E-state index is 0.0377. The molecule has 3 aliphatic heterocycles. The Morgan fingerprint density at radius 1 is 1.02 bits per heavy atom. The summed E-state index contributed by atoms with van der Waals surface area (Å²) in [6.07, 6.45) is 6.97. The van der Waals surface area contributed by atoms with Gasteiger partial charge in [0.25, 0.3) is 0 Å². The van der Waals surface area contributed by atoms with Gasteiger partial charge in [-0.25, -0.2) is 9.78 Å². The molecule has 6 rings (SSSR count). The predicted molar refractivity (Wildman–Crippen MR) is 183 cm³/mol. The number of Topliss-reactive ketones (excluding diaryl/α,β-unsaturated/α-hetero) is 1. The third-order valence-electron chi connectivity index (χ3n) is 11.4. The number of rotatable bonds is 6. The second kappa shape index (κ2) is 13.9. The molecule has 13 heteroatoms. The molecule has 2 aliphatic carbocycles. The highest BCUT2D eigenvalue weighted by atomic mass is 16.7. The van der Waals surface area contributed by atoms with E-state index in [0.717, 1.165) is 51.5 Å². The van der Waals surface area contributed by atoms with E-state index in [0.29, 0.717) is 56.6 Å². The number of ketones is 1. The maximum absolute atomic E-state index is 14.6. The zero-order chi connectivity index (χ0) is 35.1. The van der Waals surface area contributed by atoms with Crippen molar-refractivity contribution < 1.29 is 33.7 Å². The van der Waals surface area contributed by atoms with E-state index in [9.17, 15) is 14.8 Å². The van der Waals surface area contributed by atoms with Crippen LogP contribution in [0.5, 0.6) is 5.88 Å². The topological polar surface area (TPSA) is 139 Å². The second-order valence-corrected chi connectivity index (χ2v) is 15.9. The number of hydrogen-bond acceptors (Lipinski definition) is 12. The third kappa shape index (κ3) is 6.87. The molecular formula is C36H56N6O7. The highest BCUT2D eigenvalue weighted by molar-refractivity contribution is 6.13. The fraction of sp³-hybridized carbons (Fsp3) is 0.806. The van der Waals surface area contributed by atoms with Crippen LogP contribution in [-0.2, 0) is 14.2 Å². The van der Waals surface area contributed by atoms with Gasteiger partial charge < -0.3 is 29.1 Å². The molecule has 1 unspecified atom stereocenters. The molecule has 0 aromatic carbocycles. The van der Waals surface area contributed by atoms with Crippen LogP contribution in [0.25, 0.3) is 0 Å². The van der Waals surface area contributed by atoms with Gasteiger partial charge >= 0.3 is 6.09 Å². The predicted octanol–water partition coefficient (Wildman–Crippen LogP) is 5.29. The Labute approximate surface area is 290 Å². The maximum Gasteiger partial charge on any atom is 0.410 e. The van der Waals surface area contributed by atoms with Crippen LogP contribution in [0.2, 0.25) is 0 Å². The van der Waals surface area contributed by atoms with Crippen LogP contribution in [0.1, 0.15) is 110 Å². The number of ether oxygens (including phenoxy) is 4. The van der Waals surface area contributed by atoms with Crippen LogP contribution in [0.15, 0.2) is 11.2 Å². The number of carbonyl (C=O) groups is 2. The van der Waals surface area contributed by atoms with Crippen molar-refractivity contribution >= 4 is 23.4 Å². The highest BCUT2D eigenvalue weighted by Gasteiger charge is 2.63. The molecule has 2 spiro atoms. The quantitative estimate of drug-likeness (QED) is 0.238. The molecule has 13 nitrogen and oxygen atoms in total. The van der Waals surface area contributed by atoms with Crippen molar-refractivity contribution in [1.29, 1.82) is 0 Å². The van der Waals surface area contributed by atoms with E-state index in [4.69, 9.17) is 28.9 Å². The Bertz CT molecular complexity index is 1390. The molecule has 1 amide bonds. The Hall–Kier alpha value is -3.03. The molecule has 1 aromatic heterocycles. The van der Waals surface area contributed by atoms with Crippen molar-refractivity contribution in [1.82, 2.24) is 19.8 Å². The third-order valence-corrected chi connectivity index (χ3v) is 11.4. The lowest BCUT2D eigenvalue weighted by Gasteiger charge is -2.53. The summed E-state index contributed by atoms with van der Waals surface area (Å²) >= 11 is 0. The van der Waals surface area contributed by atoms with E-state index < -0.39 is 22.7 Å². The molecule has 1 N–H and O–H groups in total. The number of carbonyl (C=O) groups excluding carboxylic acids is 2. The number of nitrogens with zero attached hydrogens (tertiary/aromatic N) is 6. The SMILES string of the molecule is C[C@H](Oc1cc(N2C[C@H](C)N(C(=O)OC(C)(C)C)[C@@H](C)C2)nc(C(=O)C2CCC[C@@]3(CCCCC34OCCO4)/C2=N/O)n1)[C@@H]1CCCN1C. The van der Waals surface area contributed by atoms with E-state index in [-0.39, 0.29) is 41.9 Å². The molecule has 0 bridgehead atoms. The molecule has 2 saturated carbocycles. The molecule has 5 aliphatic rings. The number of oxime groups is 1. The second-order valence-electron chi connectivity index (χ2n) is 15.9. The number of aromatic nitrogens is 2. The van der Waals surface area contributed by atoms with E-state index >= 15 is 0 Å². The standard InChI is InChI=1S/C36H56N6O7/c1-23-21-41(22-24(2)42(23)33(44)49-34(4,5)6)28-20-29(48-25(3)27-13-11-17-40(27)7)38-32(37-28)30(43)26-12-10-15-35(31(26)39-45)14-8-9-16-36(35)46-18-19-47-36/h20,23-27,45H,8-19,21-22H2,1-7H3/b39-31+/t23-,24-,25-,26?,27-,35-/m0/s1. The number of likely N-dealkylation sites (tertiary alicyclic amines) is 1. The van der Waals surface area contributed by atoms with Gasteiger partial charge in [0.1, 0.15) is 17.5 Å². The fourth-order valence-corrected chi connectivity index (χ4v) is 9.24. The number of piperazine rings is 1. The Kier molecular flexibility index (Phi) is 10.2. The highest BCUT2D eigenvalue weighted by Crippen LogP contribution is 2.57. The largest absolute Gasteiger partial charge is 0.473 e. The number of likely N-dealkylation sites (N-methyl/N-ethyl adjacent to an activating group) is 1. The monoisotopic (exact) mass is 684 g/mol. The molecule has 5 fully saturated rings. The first-order valence-corrected chi connectivity index (χ1v) is 18.3. The Balaban J connectivity index is 1.32. The van der Waals surface area contributed by atoms with Crippen molar-refractivity contribution in [3.05, 3.63) is 11.9 Å². The van der Waals surface area contributed by atoms with Gasteiger partial charge in [0, 0.05) is 31.6 Å². The zero-order valence-corrected chi connectivity index (χ0v) is 30.4. The van der Waals surface area contributed by atoms with Gasteiger partial charge in [-0.3, -0.25) is 14.6 Å².